The minimum atomic E-state index is -1.17. The molecule has 29 heavy (non-hydrogen) atoms. The monoisotopic (exact) mass is 435 g/mol. The second kappa shape index (κ2) is 9.24. The van der Waals surface area contributed by atoms with Crippen molar-refractivity contribution >= 4 is 41.0 Å². The number of rotatable bonds is 7. The second-order valence-electron chi connectivity index (χ2n) is 6.72. The Bertz CT molecular complexity index is 892. The maximum absolute atomic E-state index is 13.0. The number of hydrogen-bond donors (Lipinski definition) is 1. The van der Waals surface area contributed by atoms with Gasteiger partial charge >= 0.3 is 5.97 Å². The van der Waals surface area contributed by atoms with Gasteiger partial charge in [-0.25, -0.2) is 0 Å². The fraction of sp³-hybridized carbons (Fsp3) is 0.300. The van der Waals surface area contributed by atoms with Crippen LogP contribution < -0.4 is 0 Å². The number of carboxylic acids is 1. The van der Waals surface area contributed by atoms with Crippen LogP contribution in [0.2, 0.25) is 5.02 Å². The molecule has 152 valence electrons. The molecule has 0 aliphatic carbocycles. The number of nitrogens with zero attached hydrogens (tertiary/aromatic N) is 3. The lowest BCUT2D eigenvalue weighted by Gasteiger charge is -2.41. The number of carboxylic acid groups (broad SMARTS) is 1. The van der Waals surface area contributed by atoms with E-state index in [1.165, 1.54) is 9.80 Å². The zero-order valence-corrected chi connectivity index (χ0v) is 16.9. The molecule has 1 N–H and O–H groups in total. The highest BCUT2D eigenvalue weighted by Crippen LogP contribution is 2.24. The largest absolute Gasteiger partial charge is 0.481 e. The molecule has 3 rings (SSSR count). The Morgan fingerprint density at radius 3 is 2.41 bits per heavy atom. The summed E-state index contributed by atoms with van der Waals surface area (Å²) in [4.78, 5) is 43.7. The smallest absolute Gasteiger partial charge is 0.305 e. The van der Waals surface area contributed by atoms with E-state index in [2.05, 4.69) is 4.98 Å². The van der Waals surface area contributed by atoms with Gasteiger partial charge in [0, 0.05) is 30.4 Å². The van der Waals surface area contributed by atoms with E-state index in [4.69, 9.17) is 23.2 Å². The minimum Gasteiger partial charge on any atom is -0.481 e. The lowest BCUT2D eigenvalue weighted by atomic mass is 10.0. The number of aliphatic carboxylic acids is 1. The molecule has 1 saturated heterocycles. The van der Waals surface area contributed by atoms with Gasteiger partial charge in [0.2, 0.25) is 11.8 Å². The van der Waals surface area contributed by atoms with E-state index in [9.17, 15) is 19.5 Å². The Morgan fingerprint density at radius 1 is 1.14 bits per heavy atom. The maximum Gasteiger partial charge on any atom is 0.305 e. The van der Waals surface area contributed by atoms with Crippen molar-refractivity contribution in [2.75, 3.05) is 6.54 Å². The van der Waals surface area contributed by atoms with E-state index >= 15 is 0 Å². The van der Waals surface area contributed by atoms with Crippen LogP contribution in [0.5, 0.6) is 0 Å². The Morgan fingerprint density at radius 2 is 1.79 bits per heavy atom. The average molecular weight is 436 g/mol. The summed E-state index contributed by atoms with van der Waals surface area (Å²) in [6.45, 7) is -0.0786. The molecular weight excluding hydrogens is 417 g/mol. The van der Waals surface area contributed by atoms with Crippen LogP contribution in [-0.4, -0.2) is 55.8 Å². The quantitative estimate of drug-likeness (QED) is 0.532. The molecule has 9 heteroatoms. The molecule has 2 aromatic rings. The fourth-order valence-corrected chi connectivity index (χ4v) is 3.69. The van der Waals surface area contributed by atoms with Crippen molar-refractivity contribution < 1.29 is 19.5 Å². The zero-order chi connectivity index (χ0) is 21.0. The van der Waals surface area contributed by atoms with Crippen LogP contribution in [0.1, 0.15) is 17.5 Å². The van der Waals surface area contributed by atoms with Crippen molar-refractivity contribution in [1.29, 1.82) is 0 Å². The number of hydrogen-bond acceptors (Lipinski definition) is 4. The first kappa shape index (κ1) is 21.1. The summed E-state index contributed by atoms with van der Waals surface area (Å²) < 4.78 is 0. The molecule has 0 bridgehead atoms. The van der Waals surface area contributed by atoms with E-state index in [0.29, 0.717) is 11.4 Å². The first-order chi connectivity index (χ1) is 13.8. The van der Waals surface area contributed by atoms with Gasteiger partial charge in [0.05, 0.1) is 6.42 Å². The predicted molar refractivity (Wildman–Crippen MR) is 107 cm³/mol. The summed E-state index contributed by atoms with van der Waals surface area (Å²) in [6, 6.07) is 9.32. The molecule has 1 aromatic carbocycles. The highest BCUT2D eigenvalue weighted by atomic mass is 35.5. The second-order valence-corrected chi connectivity index (χ2v) is 7.66. The molecule has 0 radical (unpaired) electrons. The third-order valence-corrected chi connectivity index (χ3v) is 5.34. The van der Waals surface area contributed by atoms with Gasteiger partial charge in [-0.3, -0.25) is 19.4 Å². The van der Waals surface area contributed by atoms with E-state index in [1.54, 1.807) is 48.8 Å². The molecule has 2 unspecified atom stereocenters. The number of alkyl halides is 1. The van der Waals surface area contributed by atoms with Gasteiger partial charge in [-0.05, 0) is 35.4 Å². The molecule has 1 aromatic heterocycles. The number of aromatic nitrogens is 1. The topological polar surface area (TPSA) is 90.8 Å². The van der Waals surface area contributed by atoms with Crippen LogP contribution in [0, 0.1) is 0 Å². The van der Waals surface area contributed by atoms with Crippen LogP contribution in [-0.2, 0) is 27.3 Å². The molecule has 2 amide bonds. The van der Waals surface area contributed by atoms with Crippen LogP contribution >= 0.6 is 23.2 Å². The lowest BCUT2D eigenvalue weighted by Crippen LogP contribution is -2.61. The Balaban J connectivity index is 1.79. The summed E-state index contributed by atoms with van der Waals surface area (Å²) in [6.07, 6.45) is 2.97. The van der Waals surface area contributed by atoms with E-state index < -0.39 is 29.8 Å². The first-order valence-electron chi connectivity index (χ1n) is 8.94. The highest BCUT2D eigenvalue weighted by molar-refractivity contribution is 6.30. The van der Waals surface area contributed by atoms with Crippen molar-refractivity contribution in [1.82, 2.24) is 14.8 Å². The van der Waals surface area contributed by atoms with E-state index in [0.717, 1.165) is 11.1 Å². The molecule has 1 fully saturated rings. The molecule has 2 atom stereocenters. The zero-order valence-electron chi connectivity index (χ0n) is 15.4. The van der Waals surface area contributed by atoms with Crippen molar-refractivity contribution in [3.8, 4) is 0 Å². The Hall–Kier alpha value is -2.64. The molecular formula is C20H19Cl2N3O4. The SMILES string of the molecule is O=C(O)CC1C(=O)N(C(Cl)Cc2ccc(Cl)cc2)CC(=O)N1Cc1ccncc1. The molecule has 7 nitrogen and oxygen atoms in total. The molecule has 0 saturated carbocycles. The van der Waals surface area contributed by atoms with E-state index in [-0.39, 0.29) is 19.0 Å². The first-order valence-corrected chi connectivity index (χ1v) is 9.75. The van der Waals surface area contributed by atoms with Crippen LogP contribution in [0.3, 0.4) is 0 Å². The summed E-state index contributed by atoms with van der Waals surface area (Å²) in [5, 5.41) is 9.86. The minimum absolute atomic E-state index is 0.128. The third kappa shape index (κ3) is 5.25. The van der Waals surface area contributed by atoms with Crippen molar-refractivity contribution in [3.05, 3.63) is 64.9 Å². The Kier molecular flexibility index (Phi) is 6.71. The number of pyridine rings is 1. The van der Waals surface area contributed by atoms with Crippen molar-refractivity contribution in [2.24, 2.45) is 0 Å². The number of carbonyl (C=O) groups excluding carboxylic acids is 2. The van der Waals surface area contributed by atoms with Crippen LogP contribution in [0.25, 0.3) is 0 Å². The fourth-order valence-electron chi connectivity index (χ4n) is 3.22. The van der Waals surface area contributed by atoms with Crippen LogP contribution in [0.4, 0.5) is 0 Å². The number of carbonyl (C=O) groups is 3. The van der Waals surface area contributed by atoms with Gasteiger partial charge in [-0.15, -0.1) is 0 Å². The van der Waals surface area contributed by atoms with E-state index in [1.807, 2.05) is 0 Å². The van der Waals surface area contributed by atoms with Gasteiger partial charge in [-0.2, -0.15) is 0 Å². The van der Waals surface area contributed by atoms with Gasteiger partial charge < -0.3 is 14.9 Å². The molecule has 0 spiro atoms. The number of halogens is 2. The Labute approximate surface area is 177 Å². The van der Waals surface area contributed by atoms with Crippen molar-refractivity contribution in [3.63, 3.8) is 0 Å². The predicted octanol–water partition coefficient (Wildman–Crippen LogP) is 2.56. The standard InChI is InChI=1S/C20H19Cl2N3O4/c21-15-3-1-13(2-4-15)9-17(22)25-12-18(26)24(11-14-5-7-23-8-6-14)16(20(25)29)10-19(27)28/h1-8,16-17H,9-12H2,(H,27,28). The highest BCUT2D eigenvalue weighted by Gasteiger charge is 2.42. The summed E-state index contributed by atoms with van der Waals surface area (Å²) in [5.74, 6) is -1.99. The number of benzene rings is 1. The normalized spacial score (nSPS) is 18.1. The van der Waals surface area contributed by atoms with Gasteiger partial charge in [-0.1, -0.05) is 35.3 Å². The molecule has 1 aliphatic rings. The molecule has 2 heterocycles. The summed E-state index contributed by atoms with van der Waals surface area (Å²) in [5.41, 5.74) is 0.823. The average Bonchev–Trinajstić information content (AvgIpc) is 2.69. The van der Waals surface area contributed by atoms with Gasteiger partial charge in [0.1, 0.15) is 18.1 Å². The van der Waals surface area contributed by atoms with Gasteiger partial charge in [0.25, 0.3) is 0 Å². The lowest BCUT2D eigenvalue weighted by molar-refractivity contribution is -0.160. The van der Waals surface area contributed by atoms with Gasteiger partial charge in [0.15, 0.2) is 0 Å². The summed E-state index contributed by atoms with van der Waals surface area (Å²) >= 11 is 12.3. The van der Waals surface area contributed by atoms with Crippen molar-refractivity contribution in [2.45, 2.75) is 30.9 Å². The molecule has 1 aliphatic heterocycles. The van der Waals surface area contributed by atoms with Crippen LogP contribution in [0.15, 0.2) is 48.8 Å². The third-order valence-electron chi connectivity index (χ3n) is 4.70. The number of amides is 2. The maximum atomic E-state index is 13.0. The number of piperazine rings is 1. The summed E-state index contributed by atoms with van der Waals surface area (Å²) in [7, 11) is 0.